The molecule has 5 aromatic rings. The quantitative estimate of drug-likeness (QED) is 0.380. The van der Waals surface area contributed by atoms with Crippen LogP contribution in [0.15, 0.2) is 88.8 Å². The number of nitrogens with zero attached hydrogens (tertiary/aromatic N) is 4. The molecule has 0 unspecified atom stereocenters. The third-order valence-electron chi connectivity index (χ3n) is 5.05. The van der Waals surface area contributed by atoms with Gasteiger partial charge in [-0.3, -0.25) is 9.36 Å². The molecule has 0 spiro atoms. The highest BCUT2D eigenvalue weighted by Gasteiger charge is 2.20. The Morgan fingerprint density at radius 2 is 1.66 bits per heavy atom. The molecule has 0 aliphatic carbocycles. The summed E-state index contributed by atoms with van der Waals surface area (Å²) in [6.07, 6.45) is 0. The van der Waals surface area contributed by atoms with Crippen LogP contribution in [0.5, 0.6) is 0 Å². The van der Waals surface area contributed by atoms with E-state index < -0.39 is 0 Å². The molecule has 32 heavy (non-hydrogen) atoms. The highest BCUT2D eigenvalue weighted by atomic mass is 32.2. The molecule has 0 bridgehead atoms. The van der Waals surface area contributed by atoms with Gasteiger partial charge in [-0.15, -0.1) is 10.2 Å². The lowest BCUT2D eigenvalue weighted by atomic mass is 10.2. The molecule has 1 N–H and O–H groups in total. The minimum atomic E-state index is -0.316. The molecule has 3 aromatic carbocycles. The number of thioether (sulfide) groups is 1. The highest BCUT2D eigenvalue weighted by molar-refractivity contribution is 7.99. The lowest BCUT2D eigenvalue weighted by Crippen LogP contribution is -2.13. The van der Waals surface area contributed by atoms with Crippen molar-refractivity contribution in [3.8, 4) is 17.1 Å². The predicted octanol–water partition coefficient (Wildman–Crippen LogP) is 5.16. The molecule has 0 amide bonds. The molecular formula is C24H18FN5OS. The first kappa shape index (κ1) is 20.1. The number of benzene rings is 3. The molecule has 2 aromatic heterocycles. The van der Waals surface area contributed by atoms with Crippen LogP contribution in [0.25, 0.3) is 28.0 Å². The number of aromatic nitrogens is 5. The van der Waals surface area contributed by atoms with Crippen LogP contribution >= 0.6 is 11.8 Å². The van der Waals surface area contributed by atoms with E-state index >= 15 is 0 Å². The summed E-state index contributed by atoms with van der Waals surface area (Å²) >= 11 is 1.42. The Kier molecular flexibility index (Phi) is 5.28. The first-order valence-corrected chi connectivity index (χ1v) is 10.9. The van der Waals surface area contributed by atoms with E-state index in [9.17, 15) is 9.18 Å². The molecule has 0 aliphatic rings. The van der Waals surface area contributed by atoms with Crippen molar-refractivity contribution in [3.05, 3.63) is 101 Å². The van der Waals surface area contributed by atoms with Crippen LogP contribution in [0.2, 0.25) is 0 Å². The van der Waals surface area contributed by atoms with Crippen molar-refractivity contribution in [2.45, 2.75) is 17.3 Å². The SMILES string of the molecule is C[C@@H](Sc1nnc(-c2ccccc2)n1-c1ccc(F)cc1)c1nc2ccccc2c(=O)[nH]1. The molecule has 0 fully saturated rings. The molecular weight excluding hydrogens is 425 g/mol. The number of H-pyrrole nitrogens is 1. The molecule has 0 aliphatic heterocycles. The molecule has 0 saturated heterocycles. The maximum absolute atomic E-state index is 13.6. The zero-order valence-electron chi connectivity index (χ0n) is 17.1. The molecule has 0 radical (unpaired) electrons. The summed E-state index contributed by atoms with van der Waals surface area (Å²) in [5.74, 6) is 0.879. The van der Waals surface area contributed by atoms with Crippen molar-refractivity contribution in [2.75, 3.05) is 0 Å². The minimum Gasteiger partial charge on any atom is -0.309 e. The average molecular weight is 444 g/mol. The molecule has 0 saturated carbocycles. The van der Waals surface area contributed by atoms with Gasteiger partial charge in [0, 0.05) is 11.3 Å². The van der Waals surface area contributed by atoms with Gasteiger partial charge in [0.2, 0.25) is 0 Å². The van der Waals surface area contributed by atoms with Gasteiger partial charge in [0.1, 0.15) is 11.6 Å². The minimum absolute atomic E-state index is 0.178. The Hall–Kier alpha value is -3.78. The number of halogens is 1. The van der Waals surface area contributed by atoms with E-state index in [1.54, 1.807) is 18.2 Å². The molecule has 8 heteroatoms. The van der Waals surface area contributed by atoms with E-state index in [1.165, 1.54) is 23.9 Å². The van der Waals surface area contributed by atoms with Gasteiger partial charge in [-0.05, 0) is 43.3 Å². The second kappa shape index (κ2) is 8.39. The summed E-state index contributed by atoms with van der Waals surface area (Å²) in [6, 6.07) is 23.1. The van der Waals surface area contributed by atoms with Crippen molar-refractivity contribution in [1.29, 1.82) is 0 Å². The number of rotatable bonds is 5. The van der Waals surface area contributed by atoms with Gasteiger partial charge in [0.15, 0.2) is 11.0 Å². The van der Waals surface area contributed by atoms with Crippen LogP contribution in [0.4, 0.5) is 4.39 Å². The number of fused-ring (bicyclic) bond motifs is 1. The van der Waals surface area contributed by atoms with Gasteiger partial charge in [-0.25, -0.2) is 9.37 Å². The van der Waals surface area contributed by atoms with Crippen molar-refractivity contribution in [1.82, 2.24) is 24.7 Å². The topological polar surface area (TPSA) is 76.5 Å². The van der Waals surface area contributed by atoms with E-state index in [2.05, 4.69) is 20.2 Å². The second-order valence-corrected chi connectivity index (χ2v) is 8.52. The monoisotopic (exact) mass is 443 g/mol. The zero-order valence-corrected chi connectivity index (χ0v) is 17.9. The Bertz CT molecular complexity index is 1450. The van der Waals surface area contributed by atoms with E-state index in [-0.39, 0.29) is 16.6 Å². The van der Waals surface area contributed by atoms with Crippen molar-refractivity contribution in [3.63, 3.8) is 0 Å². The summed E-state index contributed by atoms with van der Waals surface area (Å²) in [7, 11) is 0. The molecule has 6 nitrogen and oxygen atoms in total. The van der Waals surface area contributed by atoms with Gasteiger partial charge in [0.05, 0.1) is 16.2 Å². The maximum atomic E-state index is 13.6. The van der Waals surface area contributed by atoms with Crippen LogP contribution < -0.4 is 5.56 Å². The number of aromatic amines is 1. The smallest absolute Gasteiger partial charge is 0.258 e. The summed E-state index contributed by atoms with van der Waals surface area (Å²) in [5.41, 5.74) is 2.10. The van der Waals surface area contributed by atoms with Crippen LogP contribution in [-0.2, 0) is 0 Å². The Balaban J connectivity index is 1.57. The lowest BCUT2D eigenvalue weighted by Gasteiger charge is -2.14. The van der Waals surface area contributed by atoms with Crippen LogP contribution in [0, 0.1) is 5.82 Å². The fourth-order valence-corrected chi connectivity index (χ4v) is 4.38. The highest BCUT2D eigenvalue weighted by Crippen LogP contribution is 2.35. The second-order valence-electron chi connectivity index (χ2n) is 7.21. The van der Waals surface area contributed by atoms with Gasteiger partial charge >= 0.3 is 0 Å². The average Bonchev–Trinajstić information content (AvgIpc) is 3.23. The fraction of sp³-hybridized carbons (Fsp3) is 0.0833. The van der Waals surface area contributed by atoms with Crippen LogP contribution in [-0.4, -0.2) is 24.7 Å². The summed E-state index contributed by atoms with van der Waals surface area (Å²) in [4.78, 5) is 20.0. The van der Waals surface area contributed by atoms with E-state index in [0.717, 1.165) is 11.3 Å². The summed E-state index contributed by atoms with van der Waals surface area (Å²) in [5, 5.41) is 9.76. The van der Waals surface area contributed by atoms with Crippen LogP contribution in [0.1, 0.15) is 18.0 Å². The summed E-state index contributed by atoms with van der Waals surface area (Å²) < 4.78 is 15.4. The van der Waals surface area contributed by atoms with E-state index in [1.807, 2.05) is 60.0 Å². The number of para-hydroxylation sites is 1. The molecule has 158 valence electrons. The number of hydrogen-bond donors (Lipinski definition) is 1. The Morgan fingerprint density at radius 3 is 2.44 bits per heavy atom. The third-order valence-corrected chi connectivity index (χ3v) is 6.10. The van der Waals surface area contributed by atoms with Gasteiger partial charge in [-0.1, -0.05) is 54.2 Å². The van der Waals surface area contributed by atoms with Gasteiger partial charge < -0.3 is 4.98 Å². The first-order valence-electron chi connectivity index (χ1n) is 10.0. The Labute approximate surface area is 187 Å². The van der Waals surface area contributed by atoms with E-state index in [0.29, 0.717) is 27.7 Å². The maximum Gasteiger partial charge on any atom is 0.258 e. The Morgan fingerprint density at radius 1 is 0.938 bits per heavy atom. The van der Waals surface area contributed by atoms with Crippen molar-refractivity contribution < 1.29 is 4.39 Å². The van der Waals surface area contributed by atoms with Crippen molar-refractivity contribution >= 4 is 22.7 Å². The fourth-order valence-electron chi connectivity index (χ4n) is 3.45. The molecule has 2 heterocycles. The van der Waals surface area contributed by atoms with Gasteiger partial charge in [0.25, 0.3) is 5.56 Å². The van der Waals surface area contributed by atoms with Crippen LogP contribution in [0.3, 0.4) is 0 Å². The van der Waals surface area contributed by atoms with E-state index in [4.69, 9.17) is 0 Å². The predicted molar refractivity (Wildman–Crippen MR) is 123 cm³/mol. The molecule has 1 atom stereocenters. The normalized spacial score (nSPS) is 12.2. The zero-order chi connectivity index (χ0) is 22.1. The summed E-state index contributed by atoms with van der Waals surface area (Å²) in [6.45, 7) is 1.95. The number of nitrogens with one attached hydrogen (secondary N) is 1. The lowest BCUT2D eigenvalue weighted by molar-refractivity contribution is 0.627. The first-order chi connectivity index (χ1) is 15.6. The largest absolute Gasteiger partial charge is 0.309 e. The standard InChI is InChI=1S/C24H18FN5OS/c1-15(21-26-20-10-6-5-9-19(20)23(31)27-21)32-24-29-28-22(16-7-3-2-4-8-16)30(24)18-13-11-17(25)12-14-18/h2-15H,1H3,(H,26,27,31)/t15-/m1/s1. The number of hydrogen-bond acceptors (Lipinski definition) is 5. The molecule has 5 rings (SSSR count). The van der Waals surface area contributed by atoms with Gasteiger partial charge in [-0.2, -0.15) is 0 Å². The third kappa shape index (κ3) is 3.80. The van der Waals surface area contributed by atoms with Crippen molar-refractivity contribution in [2.24, 2.45) is 0 Å².